The number of amides is 2. The summed E-state index contributed by atoms with van der Waals surface area (Å²) in [6.45, 7) is 4.04. The number of aromatic nitrogens is 3. The predicted octanol–water partition coefficient (Wildman–Crippen LogP) is 1.76. The third kappa shape index (κ3) is 3.48. The van der Waals surface area contributed by atoms with Gasteiger partial charge in [0.25, 0.3) is 0 Å². The Morgan fingerprint density at radius 2 is 1.88 bits per heavy atom. The number of carbonyl (C=O) groups excluding carboxylic acids is 1. The summed E-state index contributed by atoms with van der Waals surface area (Å²) in [6, 6.07) is 3.87. The molecule has 0 aliphatic carbocycles. The monoisotopic (exact) mass is 343 g/mol. The van der Waals surface area contributed by atoms with Gasteiger partial charge in [0, 0.05) is 50.1 Å². The lowest BCUT2D eigenvalue weighted by Gasteiger charge is -2.36. The van der Waals surface area contributed by atoms with Crippen LogP contribution in [0, 0.1) is 0 Å². The van der Waals surface area contributed by atoms with Crippen LogP contribution in [0.25, 0.3) is 11.4 Å². The molecule has 132 valence electrons. The minimum Gasteiger partial charge on any atom is -0.378 e. The lowest BCUT2D eigenvalue weighted by atomic mass is 9.97. The second-order valence-electron chi connectivity index (χ2n) is 6.34. The molecule has 2 aliphatic rings. The highest BCUT2D eigenvalue weighted by Crippen LogP contribution is 2.28. The summed E-state index contributed by atoms with van der Waals surface area (Å²) in [7, 11) is 0. The van der Waals surface area contributed by atoms with E-state index in [9.17, 15) is 4.79 Å². The Morgan fingerprint density at radius 1 is 1.12 bits per heavy atom. The van der Waals surface area contributed by atoms with Crippen molar-refractivity contribution in [2.24, 2.45) is 0 Å². The molecular formula is C17H21N5O3. The first-order valence-corrected chi connectivity index (χ1v) is 8.67. The Kier molecular flexibility index (Phi) is 4.60. The van der Waals surface area contributed by atoms with Crippen molar-refractivity contribution in [3.63, 3.8) is 0 Å². The van der Waals surface area contributed by atoms with Crippen LogP contribution in [0.5, 0.6) is 0 Å². The molecule has 0 bridgehead atoms. The van der Waals surface area contributed by atoms with Crippen molar-refractivity contribution in [2.45, 2.75) is 18.8 Å². The van der Waals surface area contributed by atoms with E-state index in [4.69, 9.17) is 9.26 Å². The first kappa shape index (κ1) is 16.0. The first-order valence-electron chi connectivity index (χ1n) is 8.67. The van der Waals surface area contributed by atoms with Gasteiger partial charge in [-0.05, 0) is 25.0 Å². The minimum absolute atomic E-state index is 0.114. The highest BCUT2D eigenvalue weighted by atomic mass is 16.5. The van der Waals surface area contributed by atoms with E-state index in [-0.39, 0.29) is 11.9 Å². The lowest BCUT2D eigenvalue weighted by molar-refractivity contribution is 0.0408. The number of carbonyl (C=O) groups is 1. The Balaban J connectivity index is 1.36. The molecule has 2 saturated heterocycles. The lowest BCUT2D eigenvalue weighted by Crippen LogP contribution is -2.50. The molecule has 2 aromatic rings. The van der Waals surface area contributed by atoms with Crippen LogP contribution in [0.3, 0.4) is 0 Å². The van der Waals surface area contributed by atoms with Crippen molar-refractivity contribution in [2.75, 3.05) is 39.4 Å². The number of morpholine rings is 1. The van der Waals surface area contributed by atoms with E-state index >= 15 is 0 Å². The van der Waals surface area contributed by atoms with E-state index in [2.05, 4.69) is 15.1 Å². The Morgan fingerprint density at radius 3 is 2.60 bits per heavy atom. The summed E-state index contributed by atoms with van der Waals surface area (Å²) in [5.41, 5.74) is 0.845. The fourth-order valence-electron chi connectivity index (χ4n) is 3.29. The van der Waals surface area contributed by atoms with Crippen molar-refractivity contribution in [3.05, 3.63) is 30.4 Å². The van der Waals surface area contributed by atoms with Gasteiger partial charge in [-0.1, -0.05) is 5.16 Å². The fourth-order valence-corrected chi connectivity index (χ4v) is 3.29. The summed E-state index contributed by atoms with van der Waals surface area (Å²) in [6.07, 6.45) is 5.11. The van der Waals surface area contributed by atoms with Gasteiger partial charge in [-0.3, -0.25) is 4.98 Å². The number of ether oxygens (including phenoxy) is 1. The molecular weight excluding hydrogens is 322 g/mol. The second kappa shape index (κ2) is 7.18. The van der Waals surface area contributed by atoms with Crippen molar-refractivity contribution in [1.29, 1.82) is 0 Å². The fraction of sp³-hybridized carbons (Fsp3) is 0.529. The van der Waals surface area contributed by atoms with Crippen LogP contribution in [0.1, 0.15) is 24.7 Å². The molecule has 8 nitrogen and oxygen atoms in total. The quantitative estimate of drug-likeness (QED) is 0.826. The second-order valence-corrected chi connectivity index (χ2v) is 6.34. The topological polar surface area (TPSA) is 84.6 Å². The maximum absolute atomic E-state index is 12.5. The van der Waals surface area contributed by atoms with Crippen LogP contribution in [0.4, 0.5) is 4.79 Å². The SMILES string of the molecule is O=C(N1CCOCC1)N1CCC(c2nc(-c3cccnc3)no2)CC1. The van der Waals surface area contributed by atoms with E-state index in [0.29, 0.717) is 51.1 Å². The molecule has 0 aromatic carbocycles. The molecule has 0 N–H and O–H groups in total. The number of hydrogen-bond donors (Lipinski definition) is 0. The number of hydrogen-bond acceptors (Lipinski definition) is 6. The largest absolute Gasteiger partial charge is 0.378 e. The van der Waals surface area contributed by atoms with Gasteiger partial charge in [0.15, 0.2) is 0 Å². The molecule has 4 rings (SSSR count). The van der Waals surface area contributed by atoms with Gasteiger partial charge in [0.2, 0.25) is 11.7 Å². The molecule has 8 heteroatoms. The van der Waals surface area contributed by atoms with Crippen LogP contribution >= 0.6 is 0 Å². The molecule has 0 unspecified atom stereocenters. The summed E-state index contributed by atoms with van der Waals surface area (Å²) in [5.74, 6) is 1.42. The Bertz CT molecular complexity index is 706. The molecule has 0 atom stereocenters. The van der Waals surface area contributed by atoms with E-state index in [1.165, 1.54) is 0 Å². The number of rotatable bonds is 2. The van der Waals surface area contributed by atoms with Crippen LogP contribution < -0.4 is 0 Å². The standard InChI is InChI=1S/C17H21N5O3/c23-17(22-8-10-24-11-9-22)21-6-3-13(4-7-21)16-19-15(20-25-16)14-2-1-5-18-12-14/h1-2,5,12-13H,3-4,6-11H2. The van der Waals surface area contributed by atoms with Crippen LogP contribution in [-0.2, 0) is 4.74 Å². The van der Waals surface area contributed by atoms with E-state index in [1.54, 1.807) is 12.4 Å². The first-order chi connectivity index (χ1) is 12.3. The average molecular weight is 343 g/mol. The summed E-state index contributed by atoms with van der Waals surface area (Å²) < 4.78 is 10.8. The number of urea groups is 1. The zero-order valence-corrected chi connectivity index (χ0v) is 14.0. The summed E-state index contributed by atoms with van der Waals surface area (Å²) >= 11 is 0. The van der Waals surface area contributed by atoms with Gasteiger partial charge in [-0.2, -0.15) is 4.98 Å². The van der Waals surface area contributed by atoms with Crippen LogP contribution in [-0.4, -0.2) is 70.3 Å². The van der Waals surface area contributed by atoms with Crippen molar-refractivity contribution in [3.8, 4) is 11.4 Å². The molecule has 0 spiro atoms. The number of piperidine rings is 1. The zero-order valence-electron chi connectivity index (χ0n) is 14.0. The van der Waals surface area contributed by atoms with E-state index in [1.807, 2.05) is 21.9 Å². The molecule has 4 heterocycles. The molecule has 2 aromatic heterocycles. The summed E-state index contributed by atoms with van der Waals surface area (Å²) in [5, 5.41) is 4.06. The summed E-state index contributed by atoms with van der Waals surface area (Å²) in [4.78, 5) is 24.9. The van der Waals surface area contributed by atoms with Gasteiger partial charge in [-0.15, -0.1) is 0 Å². The van der Waals surface area contributed by atoms with Gasteiger partial charge in [0.1, 0.15) is 0 Å². The smallest absolute Gasteiger partial charge is 0.320 e. The molecule has 25 heavy (non-hydrogen) atoms. The van der Waals surface area contributed by atoms with Gasteiger partial charge >= 0.3 is 6.03 Å². The normalized spacial score (nSPS) is 19.2. The minimum atomic E-state index is 0.114. The highest BCUT2D eigenvalue weighted by Gasteiger charge is 2.30. The molecule has 0 saturated carbocycles. The van der Waals surface area contributed by atoms with Crippen LogP contribution in [0.15, 0.2) is 29.0 Å². The third-order valence-corrected chi connectivity index (χ3v) is 4.76. The zero-order chi connectivity index (χ0) is 17.1. The van der Waals surface area contributed by atoms with E-state index < -0.39 is 0 Å². The third-order valence-electron chi connectivity index (χ3n) is 4.76. The van der Waals surface area contributed by atoms with Crippen LogP contribution in [0.2, 0.25) is 0 Å². The predicted molar refractivity (Wildman–Crippen MR) is 88.9 cm³/mol. The van der Waals surface area contributed by atoms with Gasteiger partial charge in [0.05, 0.1) is 13.2 Å². The highest BCUT2D eigenvalue weighted by molar-refractivity contribution is 5.74. The molecule has 0 radical (unpaired) electrons. The molecule has 2 fully saturated rings. The van der Waals surface area contributed by atoms with E-state index in [0.717, 1.165) is 18.4 Å². The average Bonchev–Trinajstić information content (AvgIpc) is 3.19. The Hall–Kier alpha value is -2.48. The van der Waals surface area contributed by atoms with Crippen molar-refractivity contribution >= 4 is 6.03 Å². The molecule has 2 amide bonds. The molecule has 2 aliphatic heterocycles. The van der Waals surface area contributed by atoms with Crippen molar-refractivity contribution in [1.82, 2.24) is 24.9 Å². The van der Waals surface area contributed by atoms with Gasteiger partial charge in [-0.25, -0.2) is 4.79 Å². The number of nitrogens with zero attached hydrogens (tertiary/aromatic N) is 5. The number of likely N-dealkylation sites (tertiary alicyclic amines) is 1. The van der Waals surface area contributed by atoms with Crippen molar-refractivity contribution < 1.29 is 14.1 Å². The maximum atomic E-state index is 12.5. The maximum Gasteiger partial charge on any atom is 0.320 e. The van der Waals surface area contributed by atoms with Gasteiger partial charge < -0.3 is 19.1 Å². The Labute approximate surface area is 145 Å². The number of pyridine rings is 1.